The van der Waals surface area contributed by atoms with Gasteiger partial charge in [0.25, 0.3) is 5.91 Å². The monoisotopic (exact) mass is 462 g/mol. The highest BCUT2D eigenvalue weighted by atomic mass is 32.2. The number of nitrogens with one attached hydrogen (secondary N) is 1. The van der Waals surface area contributed by atoms with Crippen molar-refractivity contribution in [1.29, 1.82) is 0 Å². The van der Waals surface area contributed by atoms with Crippen molar-refractivity contribution in [2.45, 2.75) is 42.4 Å². The molecule has 2 heterocycles. The minimum absolute atomic E-state index is 0.0376. The lowest BCUT2D eigenvalue weighted by Gasteiger charge is -2.34. The summed E-state index contributed by atoms with van der Waals surface area (Å²) in [7, 11) is 0. The third kappa shape index (κ3) is 6.70. The molecule has 0 unspecified atom stereocenters. The maximum absolute atomic E-state index is 12.9. The van der Waals surface area contributed by atoms with Crippen LogP contribution in [0.4, 0.5) is 9.93 Å². The molecule has 1 aromatic heterocycles. The van der Waals surface area contributed by atoms with Crippen LogP contribution < -0.4 is 5.32 Å². The van der Waals surface area contributed by atoms with Crippen molar-refractivity contribution >= 4 is 46.1 Å². The average molecular weight is 463 g/mol. The number of nitrogens with zero attached hydrogens (tertiary/aromatic N) is 3. The molecule has 3 amide bonds. The molecule has 0 atom stereocenters. The number of piperazine rings is 1. The van der Waals surface area contributed by atoms with E-state index in [1.54, 1.807) is 49.8 Å². The third-order valence-electron chi connectivity index (χ3n) is 4.40. The Morgan fingerprint density at radius 3 is 2.45 bits per heavy atom. The average Bonchev–Trinajstić information content (AvgIpc) is 3.12. The molecule has 1 aromatic carbocycles. The molecule has 8 nitrogen and oxygen atoms in total. The van der Waals surface area contributed by atoms with Gasteiger partial charge in [-0.2, -0.15) is 0 Å². The second kappa shape index (κ2) is 9.69. The summed E-state index contributed by atoms with van der Waals surface area (Å²) >= 11 is 2.81. The van der Waals surface area contributed by atoms with Crippen LogP contribution in [-0.2, 0) is 9.53 Å². The van der Waals surface area contributed by atoms with E-state index in [-0.39, 0.29) is 11.8 Å². The molecule has 0 spiro atoms. The van der Waals surface area contributed by atoms with Gasteiger partial charge in [-0.25, -0.2) is 9.78 Å². The molecule has 1 N–H and O–H groups in total. The number of carbonyl (C=O) groups excluding carboxylic acids is 3. The summed E-state index contributed by atoms with van der Waals surface area (Å²) in [4.78, 5) is 44.9. The van der Waals surface area contributed by atoms with E-state index in [1.807, 2.05) is 18.2 Å². The highest BCUT2D eigenvalue weighted by molar-refractivity contribution is 8.01. The number of hydrogen-bond acceptors (Lipinski definition) is 7. The summed E-state index contributed by atoms with van der Waals surface area (Å²) < 4.78 is 6.11. The number of anilines is 1. The maximum atomic E-state index is 12.9. The van der Waals surface area contributed by atoms with Crippen LogP contribution in [0.2, 0.25) is 0 Å². The van der Waals surface area contributed by atoms with Gasteiger partial charge in [0, 0.05) is 43.6 Å². The number of rotatable bonds is 4. The van der Waals surface area contributed by atoms with Gasteiger partial charge in [-0.1, -0.05) is 29.2 Å². The Bertz CT molecular complexity index is 962. The zero-order valence-electron chi connectivity index (χ0n) is 18.0. The van der Waals surface area contributed by atoms with Gasteiger partial charge in [0.05, 0.1) is 10.4 Å². The Hall–Kier alpha value is -2.59. The fraction of sp³-hybridized carbons (Fsp3) is 0.429. The van der Waals surface area contributed by atoms with Crippen molar-refractivity contribution in [3.8, 4) is 0 Å². The molecule has 10 heteroatoms. The predicted octanol–water partition coefficient (Wildman–Crippen LogP) is 3.95. The van der Waals surface area contributed by atoms with E-state index >= 15 is 0 Å². The largest absolute Gasteiger partial charge is 0.444 e. The van der Waals surface area contributed by atoms with Gasteiger partial charge in [0.15, 0.2) is 5.13 Å². The molecule has 1 fully saturated rings. The zero-order chi connectivity index (χ0) is 22.6. The van der Waals surface area contributed by atoms with Crippen LogP contribution in [0.15, 0.2) is 39.6 Å². The van der Waals surface area contributed by atoms with Crippen molar-refractivity contribution in [2.75, 3.05) is 31.5 Å². The maximum Gasteiger partial charge on any atom is 0.413 e. The lowest BCUT2D eigenvalue weighted by molar-refractivity contribution is -0.130. The van der Waals surface area contributed by atoms with Crippen LogP contribution in [-0.4, -0.2) is 64.5 Å². The smallest absolute Gasteiger partial charge is 0.413 e. The molecule has 0 radical (unpaired) electrons. The Balaban J connectivity index is 1.60. The second-order valence-corrected chi connectivity index (χ2v) is 10.4. The Labute approximate surface area is 190 Å². The molecule has 31 heavy (non-hydrogen) atoms. The highest BCUT2D eigenvalue weighted by Gasteiger charge is 2.23. The fourth-order valence-corrected chi connectivity index (χ4v) is 4.87. The van der Waals surface area contributed by atoms with Crippen molar-refractivity contribution in [3.05, 3.63) is 36.0 Å². The van der Waals surface area contributed by atoms with E-state index in [0.717, 1.165) is 9.10 Å². The first-order valence-corrected chi connectivity index (χ1v) is 11.5. The van der Waals surface area contributed by atoms with Crippen LogP contribution in [0.5, 0.6) is 0 Å². The zero-order valence-corrected chi connectivity index (χ0v) is 19.6. The molecule has 0 saturated carbocycles. The number of amides is 3. The number of carbonyl (C=O) groups is 3. The summed E-state index contributed by atoms with van der Waals surface area (Å²) in [5.41, 5.74) is 0.0304. The van der Waals surface area contributed by atoms with Crippen LogP contribution >= 0.6 is 23.1 Å². The van der Waals surface area contributed by atoms with Gasteiger partial charge in [0.1, 0.15) is 5.60 Å². The minimum Gasteiger partial charge on any atom is -0.444 e. The normalized spacial score (nSPS) is 14.3. The number of benzene rings is 1. The molecular formula is C21H26N4O4S2. The highest BCUT2D eigenvalue weighted by Crippen LogP contribution is 2.34. The van der Waals surface area contributed by atoms with Crippen LogP contribution in [0.3, 0.4) is 0 Å². The molecule has 0 bridgehead atoms. The summed E-state index contributed by atoms with van der Waals surface area (Å²) in [6, 6.07) is 7.43. The first-order valence-electron chi connectivity index (χ1n) is 9.89. The summed E-state index contributed by atoms with van der Waals surface area (Å²) in [6.07, 6.45) is 1.13. The number of thiazole rings is 1. The van der Waals surface area contributed by atoms with Crippen molar-refractivity contribution in [3.63, 3.8) is 0 Å². The summed E-state index contributed by atoms with van der Waals surface area (Å²) in [5.74, 6) is -0.00202. The SMILES string of the molecule is CC(=O)N1CCN(C(=O)c2cccc(Sc3cnc(NC(=O)OC(C)(C)C)s3)c2)CC1. The van der Waals surface area contributed by atoms with Gasteiger partial charge in [-0.05, 0) is 39.0 Å². The Morgan fingerprint density at radius 2 is 1.81 bits per heavy atom. The van der Waals surface area contributed by atoms with Gasteiger partial charge in [-0.15, -0.1) is 0 Å². The van der Waals surface area contributed by atoms with E-state index in [0.29, 0.717) is 36.9 Å². The molecule has 1 saturated heterocycles. The van der Waals surface area contributed by atoms with Gasteiger partial charge in [0.2, 0.25) is 5.91 Å². The number of aromatic nitrogens is 1. The second-order valence-electron chi connectivity index (χ2n) is 8.04. The van der Waals surface area contributed by atoms with Crippen molar-refractivity contribution < 1.29 is 19.1 Å². The van der Waals surface area contributed by atoms with E-state index in [1.165, 1.54) is 23.1 Å². The molecule has 166 valence electrons. The lowest BCUT2D eigenvalue weighted by Crippen LogP contribution is -2.50. The fourth-order valence-electron chi connectivity index (χ4n) is 2.97. The van der Waals surface area contributed by atoms with E-state index in [9.17, 15) is 14.4 Å². The minimum atomic E-state index is -0.579. The standard InChI is InChI=1S/C21H26N4O4S2/c1-14(26)24-8-10-25(11-9-24)18(27)15-6-5-7-16(12-15)30-17-13-22-19(31-17)23-20(28)29-21(2,3)4/h5-7,12-13H,8-11H2,1-4H3,(H,22,23,28). The first-order chi connectivity index (χ1) is 14.6. The van der Waals surface area contributed by atoms with Crippen molar-refractivity contribution in [2.24, 2.45) is 0 Å². The van der Waals surface area contributed by atoms with Gasteiger partial charge < -0.3 is 14.5 Å². The molecule has 2 aromatic rings. The molecular weight excluding hydrogens is 436 g/mol. The summed E-state index contributed by atoms with van der Waals surface area (Å²) in [6.45, 7) is 9.13. The van der Waals surface area contributed by atoms with Crippen LogP contribution in [0, 0.1) is 0 Å². The quantitative estimate of drug-likeness (QED) is 0.740. The van der Waals surface area contributed by atoms with Gasteiger partial charge >= 0.3 is 6.09 Å². The molecule has 0 aliphatic carbocycles. The van der Waals surface area contributed by atoms with Gasteiger partial charge in [-0.3, -0.25) is 14.9 Å². The van der Waals surface area contributed by atoms with Crippen LogP contribution in [0.1, 0.15) is 38.1 Å². The van der Waals surface area contributed by atoms with E-state index in [4.69, 9.17) is 4.74 Å². The predicted molar refractivity (Wildman–Crippen MR) is 121 cm³/mol. The number of hydrogen-bond donors (Lipinski definition) is 1. The molecule has 1 aliphatic rings. The lowest BCUT2D eigenvalue weighted by atomic mass is 10.2. The third-order valence-corrected chi connectivity index (χ3v) is 6.41. The van der Waals surface area contributed by atoms with E-state index in [2.05, 4.69) is 10.3 Å². The van der Waals surface area contributed by atoms with E-state index < -0.39 is 11.7 Å². The molecule has 3 rings (SSSR count). The topological polar surface area (TPSA) is 91.8 Å². The summed E-state index contributed by atoms with van der Waals surface area (Å²) in [5, 5.41) is 3.08. The van der Waals surface area contributed by atoms with Crippen molar-refractivity contribution in [1.82, 2.24) is 14.8 Å². The Morgan fingerprint density at radius 1 is 1.13 bits per heavy atom. The Kier molecular flexibility index (Phi) is 7.22. The number of ether oxygens (including phenoxy) is 1. The molecule has 1 aliphatic heterocycles. The van der Waals surface area contributed by atoms with Crippen LogP contribution in [0.25, 0.3) is 0 Å². The first kappa shape index (κ1) is 23.1.